The highest BCUT2D eigenvalue weighted by Crippen LogP contribution is 2.23. The number of carbonyl (C=O) groups excluding carboxylic acids is 1. The van der Waals surface area contributed by atoms with Gasteiger partial charge in [-0.1, -0.05) is 36.4 Å². The molecule has 3 aromatic carbocycles. The first kappa shape index (κ1) is 26.9. The minimum atomic E-state index is -3.52. The average molecular weight is 529 g/mol. The summed E-state index contributed by atoms with van der Waals surface area (Å²) in [5.41, 5.74) is 10.8. The number of hydrogen-bond donors (Lipinski definition) is 1. The first-order valence-electron chi connectivity index (χ1n) is 12.3. The smallest absolute Gasteiger partial charge is 0.271 e. The lowest BCUT2D eigenvalue weighted by Gasteiger charge is -2.22. The van der Waals surface area contributed by atoms with E-state index in [0.717, 1.165) is 28.2 Å². The van der Waals surface area contributed by atoms with Crippen LogP contribution in [0.2, 0.25) is 0 Å². The van der Waals surface area contributed by atoms with Gasteiger partial charge < -0.3 is 4.57 Å². The fraction of sp³-hybridized carbons (Fsp3) is 0.200. The van der Waals surface area contributed by atoms with Crippen LogP contribution in [0.15, 0.2) is 84.0 Å². The molecule has 1 heterocycles. The Bertz CT molecular complexity index is 1570. The Morgan fingerprint density at radius 2 is 1.55 bits per heavy atom. The van der Waals surface area contributed by atoms with Crippen LogP contribution in [0.3, 0.4) is 0 Å². The summed E-state index contributed by atoms with van der Waals surface area (Å²) in [6.07, 6.45) is 2.81. The molecule has 0 fully saturated rings. The van der Waals surface area contributed by atoms with Crippen molar-refractivity contribution in [2.24, 2.45) is 5.10 Å². The summed E-state index contributed by atoms with van der Waals surface area (Å²) in [7, 11) is -3.52. The Balaban J connectivity index is 1.47. The number of aromatic nitrogens is 1. The van der Waals surface area contributed by atoms with E-state index in [1.54, 1.807) is 30.5 Å². The molecular weight excluding hydrogens is 496 g/mol. The first-order valence-corrected chi connectivity index (χ1v) is 14.1. The molecule has 1 N–H and O–H groups in total. The molecule has 0 radical (unpaired) electrons. The predicted octanol–water partition coefficient (Wildman–Crippen LogP) is 5.44. The van der Waals surface area contributed by atoms with Crippen LogP contribution in [-0.4, -0.2) is 31.4 Å². The maximum atomic E-state index is 12.7. The summed E-state index contributed by atoms with van der Waals surface area (Å²) in [5.74, 6) is -0.384. The molecule has 4 aromatic rings. The number of nitrogens with zero attached hydrogens (tertiary/aromatic N) is 3. The van der Waals surface area contributed by atoms with Gasteiger partial charge in [0, 0.05) is 28.2 Å². The van der Waals surface area contributed by atoms with Crippen LogP contribution >= 0.6 is 0 Å². The van der Waals surface area contributed by atoms with Gasteiger partial charge in [-0.25, -0.2) is 13.8 Å². The summed E-state index contributed by atoms with van der Waals surface area (Å²) in [6, 6.07) is 24.3. The van der Waals surface area contributed by atoms with Gasteiger partial charge in [0.25, 0.3) is 5.91 Å². The number of rotatable bonds is 8. The zero-order valence-electron chi connectivity index (χ0n) is 22.3. The molecule has 0 aliphatic rings. The van der Waals surface area contributed by atoms with Crippen molar-refractivity contribution in [3.8, 4) is 5.69 Å². The number of nitrogens with one attached hydrogen (secondary N) is 1. The maximum absolute atomic E-state index is 12.7. The SMILES string of the molecule is Cc1cc(C)cc(-n2c(C)cc(/C=N/NC(=O)c3ccc(N(Cc4ccccc4)S(C)(=O)=O)cc3)c2C)c1. The van der Waals surface area contributed by atoms with E-state index < -0.39 is 10.0 Å². The van der Waals surface area contributed by atoms with Crippen molar-refractivity contribution < 1.29 is 13.2 Å². The van der Waals surface area contributed by atoms with Gasteiger partial charge in [0.1, 0.15) is 0 Å². The van der Waals surface area contributed by atoms with Crippen LogP contribution in [0.25, 0.3) is 5.69 Å². The second kappa shape index (κ2) is 11.1. The highest BCUT2D eigenvalue weighted by molar-refractivity contribution is 7.92. The van der Waals surface area contributed by atoms with Crippen LogP contribution in [0.1, 0.15) is 44.0 Å². The lowest BCUT2D eigenvalue weighted by molar-refractivity contribution is 0.0955. The Kier molecular flexibility index (Phi) is 7.83. The molecule has 0 bridgehead atoms. The fourth-order valence-corrected chi connectivity index (χ4v) is 5.44. The van der Waals surface area contributed by atoms with Crippen molar-refractivity contribution in [3.63, 3.8) is 0 Å². The van der Waals surface area contributed by atoms with Gasteiger partial charge in [-0.2, -0.15) is 5.10 Å². The third kappa shape index (κ3) is 6.20. The van der Waals surface area contributed by atoms with Crippen molar-refractivity contribution in [2.45, 2.75) is 34.2 Å². The van der Waals surface area contributed by atoms with Crippen LogP contribution < -0.4 is 9.73 Å². The third-order valence-corrected chi connectivity index (χ3v) is 7.43. The number of anilines is 1. The normalized spacial score (nSPS) is 11.6. The van der Waals surface area contributed by atoms with Gasteiger partial charge in [0.2, 0.25) is 10.0 Å². The number of hydrogen-bond acceptors (Lipinski definition) is 4. The fourth-order valence-electron chi connectivity index (χ4n) is 4.55. The zero-order chi connectivity index (χ0) is 27.4. The van der Waals surface area contributed by atoms with E-state index in [1.165, 1.54) is 21.7 Å². The first-order chi connectivity index (χ1) is 18.0. The van der Waals surface area contributed by atoms with Gasteiger partial charge in [-0.3, -0.25) is 9.10 Å². The number of hydrazone groups is 1. The molecule has 1 aromatic heterocycles. The van der Waals surface area contributed by atoms with Crippen LogP contribution in [0, 0.1) is 27.7 Å². The summed E-state index contributed by atoms with van der Waals surface area (Å²) in [6.45, 7) is 8.43. The number of amides is 1. The molecule has 0 saturated heterocycles. The van der Waals surface area contributed by atoms with Crippen LogP contribution in [0.4, 0.5) is 5.69 Å². The molecular formula is C30H32N4O3S. The number of aryl methyl sites for hydroxylation is 3. The average Bonchev–Trinajstić information content (AvgIpc) is 3.14. The van der Waals surface area contributed by atoms with Crippen molar-refractivity contribution in [2.75, 3.05) is 10.6 Å². The Morgan fingerprint density at radius 3 is 2.16 bits per heavy atom. The van der Waals surface area contributed by atoms with Gasteiger partial charge in [0.15, 0.2) is 0 Å². The maximum Gasteiger partial charge on any atom is 0.271 e. The quantitative estimate of drug-likeness (QED) is 0.244. The largest absolute Gasteiger partial charge is 0.318 e. The number of benzene rings is 3. The molecule has 0 atom stereocenters. The molecule has 0 saturated carbocycles. The minimum Gasteiger partial charge on any atom is -0.318 e. The number of carbonyl (C=O) groups is 1. The minimum absolute atomic E-state index is 0.204. The lowest BCUT2D eigenvalue weighted by atomic mass is 10.1. The summed E-state index contributed by atoms with van der Waals surface area (Å²) in [4.78, 5) is 12.7. The van der Waals surface area contributed by atoms with Gasteiger partial charge in [-0.15, -0.1) is 0 Å². The highest BCUT2D eigenvalue weighted by Gasteiger charge is 2.18. The summed E-state index contributed by atoms with van der Waals surface area (Å²) >= 11 is 0. The van der Waals surface area contributed by atoms with E-state index in [9.17, 15) is 13.2 Å². The molecule has 0 aliphatic heterocycles. The monoisotopic (exact) mass is 528 g/mol. The Labute approximate surface area is 224 Å². The van der Waals surface area contributed by atoms with Crippen molar-refractivity contribution in [3.05, 3.63) is 118 Å². The van der Waals surface area contributed by atoms with Crippen molar-refractivity contribution in [1.82, 2.24) is 9.99 Å². The molecule has 4 rings (SSSR count). The molecule has 0 spiro atoms. The third-order valence-electron chi connectivity index (χ3n) is 6.29. The lowest BCUT2D eigenvalue weighted by Crippen LogP contribution is -2.29. The highest BCUT2D eigenvalue weighted by atomic mass is 32.2. The molecule has 8 heteroatoms. The molecule has 0 unspecified atom stereocenters. The van der Waals surface area contributed by atoms with E-state index in [-0.39, 0.29) is 12.5 Å². The second-order valence-electron chi connectivity index (χ2n) is 9.51. The van der Waals surface area contributed by atoms with Crippen molar-refractivity contribution in [1.29, 1.82) is 0 Å². The van der Waals surface area contributed by atoms with E-state index in [1.807, 2.05) is 50.2 Å². The van der Waals surface area contributed by atoms with Crippen LogP contribution in [-0.2, 0) is 16.6 Å². The molecule has 7 nitrogen and oxygen atoms in total. The van der Waals surface area contributed by atoms with E-state index in [0.29, 0.717) is 11.3 Å². The zero-order valence-corrected chi connectivity index (χ0v) is 23.1. The van der Waals surface area contributed by atoms with E-state index in [2.05, 4.69) is 47.1 Å². The Morgan fingerprint density at radius 1 is 0.921 bits per heavy atom. The van der Waals surface area contributed by atoms with Crippen molar-refractivity contribution >= 4 is 27.8 Å². The summed E-state index contributed by atoms with van der Waals surface area (Å²) < 4.78 is 28.4. The van der Waals surface area contributed by atoms with Gasteiger partial charge in [0.05, 0.1) is 24.7 Å². The van der Waals surface area contributed by atoms with Gasteiger partial charge >= 0.3 is 0 Å². The van der Waals surface area contributed by atoms with Crippen LogP contribution in [0.5, 0.6) is 0 Å². The molecule has 1 amide bonds. The predicted molar refractivity (Wildman–Crippen MR) is 154 cm³/mol. The van der Waals surface area contributed by atoms with E-state index >= 15 is 0 Å². The molecule has 38 heavy (non-hydrogen) atoms. The van der Waals surface area contributed by atoms with E-state index in [4.69, 9.17) is 0 Å². The second-order valence-corrected chi connectivity index (χ2v) is 11.4. The molecule has 196 valence electrons. The number of sulfonamides is 1. The topological polar surface area (TPSA) is 83.8 Å². The van der Waals surface area contributed by atoms with Gasteiger partial charge in [-0.05, 0) is 86.8 Å². The standard InChI is InChI=1S/C30H32N4O3S/c1-21-15-22(2)17-29(16-21)34-23(3)18-27(24(34)4)19-31-32-30(35)26-11-13-28(14-12-26)33(38(5,36)37)20-25-9-7-6-8-10-25/h6-19H,20H2,1-5H3,(H,32,35)/b31-19+. The molecule has 0 aliphatic carbocycles. The Hall–Kier alpha value is -4.17. The summed E-state index contributed by atoms with van der Waals surface area (Å²) in [5, 5.41) is 4.17.